The molecule has 0 aromatic heterocycles. The molecule has 0 radical (unpaired) electrons. The molecule has 138 valence electrons. The average molecular weight is 367 g/mol. The fourth-order valence-electron chi connectivity index (χ4n) is 2.89. The van der Waals surface area contributed by atoms with Crippen molar-refractivity contribution in [1.29, 1.82) is 0 Å². The van der Waals surface area contributed by atoms with Crippen LogP contribution < -0.4 is 9.62 Å². The first kappa shape index (κ1) is 19.2. The molecule has 1 heterocycles. The smallest absolute Gasteiger partial charge is 0.243 e. The quantitative estimate of drug-likeness (QED) is 0.860. The molecule has 1 N–H and O–H groups in total. The highest BCUT2D eigenvalue weighted by Crippen LogP contribution is 2.22. The van der Waals surface area contributed by atoms with Crippen molar-refractivity contribution in [1.82, 2.24) is 4.90 Å². The predicted octanol–water partition coefficient (Wildman–Crippen LogP) is 1.81. The summed E-state index contributed by atoms with van der Waals surface area (Å²) >= 11 is 0. The second-order valence-corrected chi connectivity index (χ2v) is 8.20. The number of likely N-dealkylation sites (tertiary alicyclic amines) is 1. The van der Waals surface area contributed by atoms with Crippen LogP contribution in [-0.2, 0) is 19.6 Å². The standard InChI is InChI=1S/C17H25N3O4S/c1-14(21)18-15-8-7-9-16(12-15)20(25(2,23)24)13-17(22)19-10-5-3-4-6-11-19/h7-9,12H,3-6,10-11,13H2,1-2H3,(H,18,21). The Hall–Kier alpha value is -2.09. The van der Waals surface area contributed by atoms with Gasteiger partial charge in [-0.25, -0.2) is 8.42 Å². The number of hydrogen-bond donors (Lipinski definition) is 1. The summed E-state index contributed by atoms with van der Waals surface area (Å²) in [5, 5.41) is 2.62. The number of amides is 2. The Balaban J connectivity index is 2.22. The molecule has 0 bridgehead atoms. The molecular formula is C17H25N3O4S. The summed E-state index contributed by atoms with van der Waals surface area (Å²) in [6.07, 6.45) is 5.16. The molecule has 1 aromatic carbocycles. The Bertz CT molecular complexity index is 725. The minimum atomic E-state index is -3.63. The second-order valence-electron chi connectivity index (χ2n) is 6.30. The average Bonchev–Trinajstić information content (AvgIpc) is 2.80. The first-order valence-electron chi connectivity index (χ1n) is 8.40. The van der Waals surface area contributed by atoms with Crippen LogP contribution in [0.4, 0.5) is 11.4 Å². The minimum Gasteiger partial charge on any atom is -0.341 e. The maximum Gasteiger partial charge on any atom is 0.243 e. The van der Waals surface area contributed by atoms with E-state index in [1.165, 1.54) is 6.92 Å². The zero-order valence-electron chi connectivity index (χ0n) is 14.7. The van der Waals surface area contributed by atoms with E-state index in [-0.39, 0.29) is 18.4 Å². The molecule has 0 atom stereocenters. The lowest BCUT2D eigenvalue weighted by atomic mass is 10.2. The highest BCUT2D eigenvalue weighted by atomic mass is 32.2. The fourth-order valence-corrected chi connectivity index (χ4v) is 3.73. The van der Waals surface area contributed by atoms with Crippen molar-refractivity contribution >= 4 is 33.2 Å². The van der Waals surface area contributed by atoms with Crippen LogP contribution in [0.3, 0.4) is 0 Å². The highest BCUT2D eigenvalue weighted by molar-refractivity contribution is 7.92. The van der Waals surface area contributed by atoms with Crippen LogP contribution in [0, 0.1) is 0 Å². The van der Waals surface area contributed by atoms with Crippen LogP contribution in [0.5, 0.6) is 0 Å². The van der Waals surface area contributed by atoms with Gasteiger partial charge in [0, 0.05) is 25.7 Å². The topological polar surface area (TPSA) is 86.8 Å². The fraction of sp³-hybridized carbons (Fsp3) is 0.529. The van der Waals surface area contributed by atoms with E-state index in [1.807, 2.05) is 0 Å². The SMILES string of the molecule is CC(=O)Nc1cccc(N(CC(=O)N2CCCCCC2)S(C)(=O)=O)c1. The van der Waals surface area contributed by atoms with Crippen LogP contribution in [-0.4, -0.2) is 51.0 Å². The van der Waals surface area contributed by atoms with Crippen molar-refractivity contribution in [2.24, 2.45) is 0 Å². The van der Waals surface area contributed by atoms with E-state index in [1.54, 1.807) is 29.2 Å². The molecule has 1 aromatic rings. The number of nitrogens with zero attached hydrogens (tertiary/aromatic N) is 2. The third-order valence-corrected chi connectivity index (χ3v) is 5.23. The van der Waals surface area contributed by atoms with Gasteiger partial charge in [0.25, 0.3) is 0 Å². The predicted molar refractivity (Wildman–Crippen MR) is 98.0 cm³/mol. The molecule has 8 heteroatoms. The Morgan fingerprint density at radius 3 is 2.36 bits per heavy atom. The molecule has 1 aliphatic rings. The number of anilines is 2. The second kappa shape index (κ2) is 8.33. The number of hydrogen-bond acceptors (Lipinski definition) is 4. The Labute approximate surface area is 149 Å². The van der Waals surface area contributed by atoms with Crippen molar-refractivity contribution in [3.05, 3.63) is 24.3 Å². The van der Waals surface area contributed by atoms with Crippen LogP contribution in [0.15, 0.2) is 24.3 Å². The summed E-state index contributed by atoms with van der Waals surface area (Å²) in [4.78, 5) is 25.5. The maximum absolute atomic E-state index is 12.6. The van der Waals surface area contributed by atoms with Crippen molar-refractivity contribution in [3.63, 3.8) is 0 Å². The van der Waals surface area contributed by atoms with E-state index in [9.17, 15) is 18.0 Å². The van der Waals surface area contributed by atoms with Crippen molar-refractivity contribution in [2.45, 2.75) is 32.6 Å². The number of carbonyl (C=O) groups excluding carboxylic acids is 2. The van der Waals surface area contributed by atoms with E-state index in [2.05, 4.69) is 5.32 Å². The lowest BCUT2D eigenvalue weighted by Gasteiger charge is -2.27. The van der Waals surface area contributed by atoms with Crippen molar-refractivity contribution in [2.75, 3.05) is 35.5 Å². The van der Waals surface area contributed by atoms with E-state index in [0.29, 0.717) is 24.5 Å². The van der Waals surface area contributed by atoms with Gasteiger partial charge in [0.2, 0.25) is 21.8 Å². The molecule has 0 saturated carbocycles. The molecule has 1 saturated heterocycles. The Morgan fingerprint density at radius 2 is 1.80 bits per heavy atom. The van der Waals surface area contributed by atoms with Gasteiger partial charge in [-0.05, 0) is 31.0 Å². The molecule has 0 spiro atoms. The molecular weight excluding hydrogens is 342 g/mol. The zero-order valence-corrected chi connectivity index (χ0v) is 15.5. The summed E-state index contributed by atoms with van der Waals surface area (Å²) in [7, 11) is -3.63. The first-order valence-corrected chi connectivity index (χ1v) is 10.3. The summed E-state index contributed by atoms with van der Waals surface area (Å²) < 4.78 is 25.5. The molecule has 1 fully saturated rings. The lowest BCUT2D eigenvalue weighted by Crippen LogP contribution is -2.43. The largest absolute Gasteiger partial charge is 0.341 e. The maximum atomic E-state index is 12.6. The highest BCUT2D eigenvalue weighted by Gasteiger charge is 2.24. The number of rotatable bonds is 5. The van der Waals surface area contributed by atoms with Crippen LogP contribution >= 0.6 is 0 Å². The molecule has 0 aliphatic carbocycles. The van der Waals surface area contributed by atoms with Crippen LogP contribution in [0.1, 0.15) is 32.6 Å². The summed E-state index contributed by atoms with van der Waals surface area (Å²) in [5.74, 6) is -0.444. The summed E-state index contributed by atoms with van der Waals surface area (Å²) in [6, 6.07) is 6.48. The van der Waals surface area contributed by atoms with Gasteiger partial charge in [-0.3, -0.25) is 13.9 Å². The van der Waals surface area contributed by atoms with Crippen LogP contribution in [0.2, 0.25) is 0 Å². The third-order valence-electron chi connectivity index (χ3n) is 4.09. The lowest BCUT2D eigenvalue weighted by molar-refractivity contribution is -0.129. The van der Waals surface area contributed by atoms with E-state index in [4.69, 9.17) is 0 Å². The van der Waals surface area contributed by atoms with Gasteiger partial charge in [0.1, 0.15) is 6.54 Å². The summed E-state index contributed by atoms with van der Waals surface area (Å²) in [5.41, 5.74) is 0.845. The Morgan fingerprint density at radius 1 is 1.16 bits per heavy atom. The van der Waals surface area contributed by atoms with Gasteiger partial charge in [0.05, 0.1) is 11.9 Å². The minimum absolute atomic E-state index is 0.197. The number of carbonyl (C=O) groups is 2. The molecule has 2 rings (SSSR count). The van der Waals surface area contributed by atoms with Gasteiger partial charge in [-0.1, -0.05) is 18.9 Å². The third kappa shape index (κ3) is 5.74. The summed E-state index contributed by atoms with van der Waals surface area (Å²) in [6.45, 7) is 2.48. The van der Waals surface area contributed by atoms with Gasteiger partial charge < -0.3 is 10.2 Å². The monoisotopic (exact) mass is 367 g/mol. The first-order chi connectivity index (χ1) is 11.8. The molecule has 2 amide bonds. The van der Waals surface area contributed by atoms with Gasteiger partial charge in [-0.15, -0.1) is 0 Å². The Kier molecular flexibility index (Phi) is 6.41. The molecule has 25 heavy (non-hydrogen) atoms. The van der Waals surface area contributed by atoms with Gasteiger partial charge >= 0.3 is 0 Å². The number of nitrogens with one attached hydrogen (secondary N) is 1. The van der Waals surface area contributed by atoms with Gasteiger partial charge in [-0.2, -0.15) is 0 Å². The van der Waals surface area contributed by atoms with Crippen molar-refractivity contribution < 1.29 is 18.0 Å². The van der Waals surface area contributed by atoms with Crippen LogP contribution in [0.25, 0.3) is 0 Å². The normalized spacial score (nSPS) is 15.4. The molecule has 0 unspecified atom stereocenters. The van der Waals surface area contributed by atoms with Gasteiger partial charge in [0.15, 0.2) is 0 Å². The van der Waals surface area contributed by atoms with E-state index in [0.717, 1.165) is 36.2 Å². The van der Waals surface area contributed by atoms with E-state index >= 15 is 0 Å². The molecule has 1 aliphatic heterocycles. The zero-order chi connectivity index (χ0) is 18.4. The number of sulfonamides is 1. The van der Waals surface area contributed by atoms with E-state index < -0.39 is 10.0 Å². The molecule has 7 nitrogen and oxygen atoms in total. The van der Waals surface area contributed by atoms with Crippen molar-refractivity contribution in [3.8, 4) is 0 Å². The number of benzene rings is 1.